The minimum absolute atomic E-state index is 0. The van der Waals surface area contributed by atoms with Crippen LogP contribution in [0.2, 0.25) is 0 Å². The van der Waals surface area contributed by atoms with Crippen molar-refractivity contribution in [2.75, 3.05) is 37.6 Å². The third-order valence-electron chi connectivity index (χ3n) is 4.63. The Balaban J connectivity index is 0.00000243. The van der Waals surface area contributed by atoms with Gasteiger partial charge in [0.1, 0.15) is 0 Å². The second kappa shape index (κ2) is 11.0. The lowest BCUT2D eigenvalue weighted by molar-refractivity contribution is -0.122. The fraction of sp³-hybridized carbons (Fsp3) is 0.667. The van der Waals surface area contributed by atoms with Crippen LogP contribution < -0.4 is 20.9 Å². The number of aliphatic imine (C=N–C) groups is 1. The van der Waals surface area contributed by atoms with Gasteiger partial charge in [-0.15, -0.1) is 35.3 Å². The molecule has 0 aromatic carbocycles. The summed E-state index contributed by atoms with van der Waals surface area (Å²) < 4.78 is 0. The SMILES string of the molecule is CCNC(=NCCNC(=O)C1CC1)NC1CCN(c2cccs2)CC1.I. The van der Waals surface area contributed by atoms with Gasteiger partial charge in [-0.25, -0.2) is 0 Å². The van der Waals surface area contributed by atoms with E-state index in [0.717, 1.165) is 51.3 Å². The van der Waals surface area contributed by atoms with Gasteiger partial charge in [0.15, 0.2) is 5.96 Å². The number of hydrogen-bond donors (Lipinski definition) is 3. The highest BCUT2D eigenvalue weighted by molar-refractivity contribution is 14.0. The number of guanidine groups is 1. The van der Waals surface area contributed by atoms with Gasteiger partial charge in [-0.2, -0.15) is 0 Å². The van der Waals surface area contributed by atoms with Crippen molar-refractivity contribution in [3.8, 4) is 0 Å². The molecule has 146 valence electrons. The second-order valence-corrected chi connectivity index (χ2v) is 7.61. The quantitative estimate of drug-likeness (QED) is 0.237. The van der Waals surface area contributed by atoms with Crippen LogP contribution in [0.1, 0.15) is 32.6 Å². The number of amides is 1. The molecule has 0 unspecified atom stereocenters. The van der Waals surface area contributed by atoms with Gasteiger partial charge < -0.3 is 20.9 Å². The highest BCUT2D eigenvalue weighted by Gasteiger charge is 2.29. The summed E-state index contributed by atoms with van der Waals surface area (Å²) in [5.41, 5.74) is 0. The number of anilines is 1. The molecule has 1 aliphatic heterocycles. The number of nitrogens with one attached hydrogen (secondary N) is 3. The van der Waals surface area contributed by atoms with E-state index in [1.54, 1.807) is 0 Å². The van der Waals surface area contributed by atoms with E-state index in [-0.39, 0.29) is 35.8 Å². The zero-order chi connectivity index (χ0) is 17.5. The molecule has 1 amide bonds. The average molecular weight is 491 g/mol. The van der Waals surface area contributed by atoms with E-state index in [9.17, 15) is 4.79 Å². The van der Waals surface area contributed by atoms with Crippen LogP contribution in [0.15, 0.2) is 22.5 Å². The number of hydrogen-bond acceptors (Lipinski definition) is 4. The van der Waals surface area contributed by atoms with E-state index in [4.69, 9.17) is 0 Å². The van der Waals surface area contributed by atoms with Gasteiger partial charge in [0, 0.05) is 38.1 Å². The van der Waals surface area contributed by atoms with Gasteiger partial charge in [-0.1, -0.05) is 0 Å². The van der Waals surface area contributed by atoms with E-state index in [1.807, 2.05) is 11.3 Å². The first-order valence-electron chi connectivity index (χ1n) is 9.37. The topological polar surface area (TPSA) is 68.8 Å². The van der Waals surface area contributed by atoms with Crippen molar-refractivity contribution < 1.29 is 4.79 Å². The van der Waals surface area contributed by atoms with Crippen LogP contribution in [-0.2, 0) is 4.79 Å². The number of halogens is 1. The molecular formula is C18H30IN5OS. The van der Waals surface area contributed by atoms with Crippen molar-refractivity contribution in [1.29, 1.82) is 0 Å². The number of nitrogens with zero attached hydrogens (tertiary/aromatic N) is 2. The van der Waals surface area contributed by atoms with Crippen molar-refractivity contribution in [1.82, 2.24) is 16.0 Å². The third-order valence-corrected chi connectivity index (χ3v) is 5.56. The van der Waals surface area contributed by atoms with Crippen molar-refractivity contribution >= 4 is 52.2 Å². The number of thiophene rings is 1. The summed E-state index contributed by atoms with van der Waals surface area (Å²) in [6.07, 6.45) is 4.31. The molecule has 26 heavy (non-hydrogen) atoms. The maximum Gasteiger partial charge on any atom is 0.223 e. The number of carbonyl (C=O) groups is 1. The van der Waals surface area contributed by atoms with Crippen LogP contribution in [0.5, 0.6) is 0 Å². The molecule has 0 bridgehead atoms. The standard InChI is InChI=1S/C18H29N5OS.HI/c1-2-19-18(21-10-9-20-17(24)14-5-6-14)22-15-7-11-23(12-8-15)16-4-3-13-25-16;/h3-4,13-15H,2,5-12H2,1H3,(H,20,24)(H2,19,21,22);1H. The fourth-order valence-corrected chi connectivity index (χ4v) is 3.83. The molecular weight excluding hydrogens is 461 g/mol. The predicted octanol–water partition coefficient (Wildman–Crippen LogP) is 2.42. The Morgan fingerprint density at radius 3 is 2.65 bits per heavy atom. The van der Waals surface area contributed by atoms with E-state index < -0.39 is 0 Å². The molecule has 0 spiro atoms. The molecule has 3 N–H and O–H groups in total. The molecule has 1 aliphatic carbocycles. The first-order chi connectivity index (χ1) is 12.3. The number of rotatable bonds is 7. The normalized spacial score (nSPS) is 18.2. The van der Waals surface area contributed by atoms with Crippen molar-refractivity contribution in [3.05, 3.63) is 17.5 Å². The molecule has 8 heteroatoms. The molecule has 0 atom stereocenters. The molecule has 2 aliphatic rings. The molecule has 1 aromatic rings. The van der Waals surface area contributed by atoms with E-state index in [2.05, 4.69) is 50.3 Å². The van der Waals surface area contributed by atoms with Crippen molar-refractivity contribution in [2.24, 2.45) is 10.9 Å². The van der Waals surface area contributed by atoms with Gasteiger partial charge in [0.05, 0.1) is 11.5 Å². The first-order valence-corrected chi connectivity index (χ1v) is 10.2. The zero-order valence-corrected chi connectivity index (χ0v) is 18.5. The lowest BCUT2D eigenvalue weighted by atomic mass is 10.1. The Morgan fingerprint density at radius 2 is 2.04 bits per heavy atom. The van der Waals surface area contributed by atoms with E-state index in [0.29, 0.717) is 19.1 Å². The van der Waals surface area contributed by atoms with Gasteiger partial charge in [0.2, 0.25) is 5.91 Å². The van der Waals surface area contributed by atoms with Gasteiger partial charge in [-0.3, -0.25) is 9.79 Å². The summed E-state index contributed by atoms with van der Waals surface area (Å²) in [6, 6.07) is 4.76. The minimum atomic E-state index is 0. The summed E-state index contributed by atoms with van der Waals surface area (Å²) in [7, 11) is 0. The molecule has 2 fully saturated rings. The molecule has 1 aromatic heterocycles. The van der Waals surface area contributed by atoms with Crippen LogP contribution in [0.25, 0.3) is 0 Å². The summed E-state index contributed by atoms with van der Waals surface area (Å²) in [4.78, 5) is 18.7. The maximum absolute atomic E-state index is 11.6. The van der Waals surface area contributed by atoms with E-state index in [1.165, 1.54) is 5.00 Å². The molecule has 0 radical (unpaired) electrons. The van der Waals surface area contributed by atoms with Crippen LogP contribution in [-0.4, -0.2) is 50.6 Å². The summed E-state index contributed by atoms with van der Waals surface area (Å²) in [5, 5.41) is 13.3. The third kappa shape index (κ3) is 6.61. The Morgan fingerprint density at radius 1 is 1.27 bits per heavy atom. The minimum Gasteiger partial charge on any atom is -0.363 e. The number of piperidine rings is 1. The molecule has 6 nitrogen and oxygen atoms in total. The second-order valence-electron chi connectivity index (χ2n) is 6.68. The van der Waals surface area contributed by atoms with Crippen LogP contribution in [0.4, 0.5) is 5.00 Å². The smallest absolute Gasteiger partial charge is 0.223 e. The molecule has 2 heterocycles. The Hall–Kier alpha value is -1.03. The maximum atomic E-state index is 11.6. The van der Waals surface area contributed by atoms with E-state index >= 15 is 0 Å². The fourth-order valence-electron chi connectivity index (χ4n) is 3.04. The first kappa shape index (κ1) is 21.3. The monoisotopic (exact) mass is 491 g/mol. The van der Waals surface area contributed by atoms with Crippen LogP contribution in [0.3, 0.4) is 0 Å². The predicted molar refractivity (Wildman–Crippen MR) is 120 cm³/mol. The largest absolute Gasteiger partial charge is 0.363 e. The summed E-state index contributed by atoms with van der Waals surface area (Å²) in [6.45, 7) is 6.30. The zero-order valence-electron chi connectivity index (χ0n) is 15.4. The lowest BCUT2D eigenvalue weighted by Gasteiger charge is -2.33. The van der Waals surface area contributed by atoms with Crippen molar-refractivity contribution in [3.63, 3.8) is 0 Å². The van der Waals surface area contributed by atoms with Gasteiger partial charge >= 0.3 is 0 Å². The molecule has 1 saturated carbocycles. The molecule has 3 rings (SSSR count). The van der Waals surface area contributed by atoms with Crippen molar-refractivity contribution in [2.45, 2.75) is 38.6 Å². The van der Waals surface area contributed by atoms with Gasteiger partial charge in [0.25, 0.3) is 0 Å². The highest BCUT2D eigenvalue weighted by Crippen LogP contribution is 2.28. The Kier molecular flexibility index (Phi) is 8.97. The highest BCUT2D eigenvalue weighted by atomic mass is 127. The van der Waals surface area contributed by atoms with Gasteiger partial charge in [-0.05, 0) is 50.1 Å². The van der Waals surface area contributed by atoms with Crippen LogP contribution in [0, 0.1) is 5.92 Å². The van der Waals surface area contributed by atoms with Crippen LogP contribution >= 0.6 is 35.3 Å². The summed E-state index contributed by atoms with van der Waals surface area (Å²) >= 11 is 1.81. The number of carbonyl (C=O) groups excluding carboxylic acids is 1. The lowest BCUT2D eigenvalue weighted by Crippen LogP contribution is -2.48. The Labute approximate surface area is 177 Å². The molecule has 1 saturated heterocycles. The average Bonchev–Trinajstić information content (AvgIpc) is 3.34. The summed E-state index contributed by atoms with van der Waals surface area (Å²) in [5.74, 6) is 1.32. The Bertz CT molecular complexity index is 568.